The molecule has 2 amide bonds. The summed E-state index contributed by atoms with van der Waals surface area (Å²) < 4.78 is 5.15. The van der Waals surface area contributed by atoms with Gasteiger partial charge in [0.1, 0.15) is 5.92 Å². The summed E-state index contributed by atoms with van der Waals surface area (Å²) in [5.41, 5.74) is 0. The van der Waals surface area contributed by atoms with Crippen molar-refractivity contribution < 1.29 is 19.4 Å². The summed E-state index contributed by atoms with van der Waals surface area (Å²) in [6, 6.07) is -0.318. The largest absolute Gasteiger partial charge is 0.481 e. The normalized spacial score (nSPS) is 30.9. The molecule has 0 aromatic rings. The van der Waals surface area contributed by atoms with E-state index >= 15 is 0 Å². The van der Waals surface area contributed by atoms with E-state index in [0.29, 0.717) is 5.92 Å². The predicted octanol–water partition coefficient (Wildman–Crippen LogP) is 0.916. The minimum absolute atomic E-state index is 0.155. The van der Waals surface area contributed by atoms with E-state index in [1.807, 2.05) is 4.90 Å². The number of amides is 2. The van der Waals surface area contributed by atoms with Gasteiger partial charge in [0.2, 0.25) is 0 Å². The zero-order valence-electron chi connectivity index (χ0n) is 11.5. The molecular formula is C13H22N2O4. The number of ether oxygens (including phenoxy) is 1. The van der Waals surface area contributed by atoms with Crippen LogP contribution in [0.5, 0.6) is 0 Å². The molecule has 6 heteroatoms. The third kappa shape index (κ3) is 3.00. The van der Waals surface area contributed by atoms with Gasteiger partial charge in [-0.25, -0.2) is 4.79 Å². The molecule has 2 saturated heterocycles. The first-order valence-electron chi connectivity index (χ1n) is 6.88. The summed E-state index contributed by atoms with van der Waals surface area (Å²) in [6.07, 6.45) is 2.04. The highest BCUT2D eigenvalue weighted by Gasteiger charge is 2.38. The molecule has 2 aliphatic rings. The van der Waals surface area contributed by atoms with Gasteiger partial charge in [-0.1, -0.05) is 13.8 Å². The number of nitrogens with zero attached hydrogens (tertiary/aromatic N) is 1. The Balaban J connectivity index is 1.95. The summed E-state index contributed by atoms with van der Waals surface area (Å²) >= 11 is 0. The molecule has 2 fully saturated rings. The van der Waals surface area contributed by atoms with Crippen molar-refractivity contribution in [2.45, 2.75) is 38.8 Å². The number of carboxylic acid groups (broad SMARTS) is 1. The Kier molecular flexibility index (Phi) is 4.29. The van der Waals surface area contributed by atoms with E-state index in [-0.39, 0.29) is 25.3 Å². The molecule has 0 aromatic heterocycles. The van der Waals surface area contributed by atoms with Crippen LogP contribution < -0.4 is 5.32 Å². The van der Waals surface area contributed by atoms with E-state index in [1.165, 1.54) is 0 Å². The van der Waals surface area contributed by atoms with E-state index in [4.69, 9.17) is 9.84 Å². The lowest BCUT2D eigenvalue weighted by Gasteiger charge is -2.29. The molecule has 0 saturated carbocycles. The van der Waals surface area contributed by atoms with Gasteiger partial charge < -0.3 is 20.1 Å². The third-order valence-corrected chi connectivity index (χ3v) is 4.04. The molecule has 0 aliphatic carbocycles. The highest BCUT2D eigenvalue weighted by molar-refractivity contribution is 5.77. The van der Waals surface area contributed by atoms with Gasteiger partial charge >= 0.3 is 12.0 Å². The second kappa shape index (κ2) is 5.77. The lowest BCUT2D eigenvalue weighted by Crippen LogP contribution is -2.51. The van der Waals surface area contributed by atoms with Gasteiger partial charge in [0.15, 0.2) is 0 Å². The maximum Gasteiger partial charge on any atom is 0.317 e. The van der Waals surface area contributed by atoms with Crippen LogP contribution in [0, 0.1) is 11.8 Å². The average molecular weight is 270 g/mol. The van der Waals surface area contributed by atoms with Gasteiger partial charge in [-0.2, -0.15) is 0 Å². The van der Waals surface area contributed by atoms with E-state index < -0.39 is 17.9 Å². The number of likely N-dealkylation sites (tertiary alicyclic amines) is 1. The highest BCUT2D eigenvalue weighted by atomic mass is 16.5. The number of hydrogen-bond acceptors (Lipinski definition) is 3. The fourth-order valence-electron chi connectivity index (χ4n) is 2.92. The standard InChI is InChI=1S/C13H22N2O4/c1-8(2)11-4-3-5-15(11)13(18)14-10-7-19-6-9(10)12(16)17/h8-11H,3-7H2,1-2H3,(H,14,18)(H,16,17). The summed E-state index contributed by atoms with van der Waals surface area (Å²) in [7, 11) is 0. The Hall–Kier alpha value is -1.30. The number of carbonyl (C=O) groups excluding carboxylic acids is 1. The number of hydrogen-bond donors (Lipinski definition) is 2. The van der Waals surface area contributed by atoms with Crippen LogP contribution in [0.3, 0.4) is 0 Å². The van der Waals surface area contributed by atoms with Gasteiger partial charge in [0.05, 0.1) is 19.3 Å². The van der Waals surface area contributed by atoms with Crippen molar-refractivity contribution in [3.05, 3.63) is 0 Å². The number of carboxylic acids is 1. The van der Waals surface area contributed by atoms with Crippen molar-refractivity contribution in [3.63, 3.8) is 0 Å². The second-order valence-corrected chi connectivity index (χ2v) is 5.69. The van der Waals surface area contributed by atoms with E-state index in [1.54, 1.807) is 0 Å². The SMILES string of the molecule is CC(C)C1CCCN1C(=O)NC1COCC1C(=O)O. The molecule has 6 nitrogen and oxygen atoms in total. The fourth-order valence-corrected chi connectivity index (χ4v) is 2.92. The molecule has 0 aromatic carbocycles. The van der Waals surface area contributed by atoms with Crippen molar-refractivity contribution in [2.75, 3.05) is 19.8 Å². The Bertz CT molecular complexity index is 359. The topological polar surface area (TPSA) is 78.9 Å². The van der Waals surface area contributed by atoms with Crippen LogP contribution in [0.4, 0.5) is 4.79 Å². The van der Waals surface area contributed by atoms with Crippen molar-refractivity contribution >= 4 is 12.0 Å². The summed E-state index contributed by atoms with van der Waals surface area (Å²) in [6.45, 7) is 5.42. The van der Waals surface area contributed by atoms with Crippen LogP contribution in [0.25, 0.3) is 0 Å². The Morgan fingerprint density at radius 3 is 2.74 bits per heavy atom. The van der Waals surface area contributed by atoms with Crippen molar-refractivity contribution in [2.24, 2.45) is 11.8 Å². The molecule has 0 bridgehead atoms. The number of urea groups is 1. The number of aliphatic carboxylic acids is 1. The van der Waals surface area contributed by atoms with Gasteiger partial charge in [0.25, 0.3) is 0 Å². The Morgan fingerprint density at radius 2 is 2.11 bits per heavy atom. The highest BCUT2D eigenvalue weighted by Crippen LogP contribution is 2.24. The molecule has 108 valence electrons. The number of carbonyl (C=O) groups is 2. The molecule has 2 N–H and O–H groups in total. The van der Waals surface area contributed by atoms with Crippen LogP contribution in [0.2, 0.25) is 0 Å². The zero-order valence-corrected chi connectivity index (χ0v) is 11.5. The molecular weight excluding hydrogens is 248 g/mol. The maximum atomic E-state index is 12.3. The van der Waals surface area contributed by atoms with Crippen molar-refractivity contribution in [1.29, 1.82) is 0 Å². The van der Waals surface area contributed by atoms with Crippen LogP contribution >= 0.6 is 0 Å². The van der Waals surface area contributed by atoms with Crippen LogP contribution in [0.15, 0.2) is 0 Å². The minimum atomic E-state index is -0.912. The van der Waals surface area contributed by atoms with Crippen molar-refractivity contribution in [1.82, 2.24) is 10.2 Å². The molecule has 2 heterocycles. The van der Waals surface area contributed by atoms with Crippen molar-refractivity contribution in [3.8, 4) is 0 Å². The molecule has 0 radical (unpaired) electrons. The third-order valence-electron chi connectivity index (χ3n) is 4.04. The van der Waals surface area contributed by atoms with E-state index in [2.05, 4.69) is 19.2 Å². The smallest absolute Gasteiger partial charge is 0.317 e. The Labute approximate surface area is 113 Å². The second-order valence-electron chi connectivity index (χ2n) is 5.69. The first kappa shape index (κ1) is 14.1. The number of rotatable bonds is 3. The zero-order chi connectivity index (χ0) is 14.0. The van der Waals surface area contributed by atoms with Crippen LogP contribution in [-0.4, -0.2) is 53.8 Å². The first-order chi connectivity index (χ1) is 9.00. The number of nitrogens with one attached hydrogen (secondary N) is 1. The first-order valence-corrected chi connectivity index (χ1v) is 6.88. The van der Waals surface area contributed by atoms with Gasteiger partial charge in [-0.3, -0.25) is 4.79 Å². The summed E-state index contributed by atoms with van der Waals surface area (Å²) in [5.74, 6) is -1.13. The summed E-state index contributed by atoms with van der Waals surface area (Å²) in [5, 5.41) is 11.9. The Morgan fingerprint density at radius 1 is 1.37 bits per heavy atom. The quantitative estimate of drug-likeness (QED) is 0.799. The monoisotopic (exact) mass is 270 g/mol. The molecule has 3 unspecified atom stereocenters. The van der Waals surface area contributed by atoms with E-state index in [0.717, 1.165) is 19.4 Å². The lowest BCUT2D eigenvalue weighted by molar-refractivity contribution is -0.142. The molecule has 2 rings (SSSR count). The molecule has 3 atom stereocenters. The summed E-state index contributed by atoms with van der Waals surface area (Å²) in [4.78, 5) is 25.1. The molecule has 0 spiro atoms. The molecule has 19 heavy (non-hydrogen) atoms. The van der Waals surface area contributed by atoms with Crippen LogP contribution in [-0.2, 0) is 9.53 Å². The minimum Gasteiger partial charge on any atom is -0.481 e. The average Bonchev–Trinajstić information content (AvgIpc) is 2.96. The van der Waals surface area contributed by atoms with Gasteiger partial charge in [0, 0.05) is 12.6 Å². The van der Waals surface area contributed by atoms with Crippen LogP contribution in [0.1, 0.15) is 26.7 Å². The fraction of sp³-hybridized carbons (Fsp3) is 0.846. The predicted molar refractivity (Wildman–Crippen MR) is 68.8 cm³/mol. The van der Waals surface area contributed by atoms with Gasteiger partial charge in [-0.15, -0.1) is 0 Å². The van der Waals surface area contributed by atoms with E-state index in [9.17, 15) is 9.59 Å². The molecule has 2 aliphatic heterocycles. The van der Waals surface area contributed by atoms with Gasteiger partial charge in [-0.05, 0) is 18.8 Å². The lowest BCUT2D eigenvalue weighted by atomic mass is 10.0. The maximum absolute atomic E-state index is 12.3.